The van der Waals surface area contributed by atoms with Crippen LogP contribution in [0.25, 0.3) is 0 Å². The molecule has 2 N–H and O–H groups in total. The van der Waals surface area contributed by atoms with Crippen LogP contribution >= 0.6 is 11.6 Å². The number of halogens is 1. The summed E-state index contributed by atoms with van der Waals surface area (Å²) in [5, 5.41) is 18.8. The summed E-state index contributed by atoms with van der Waals surface area (Å²) in [5.74, 6) is -1.56. The first-order valence-electron chi connectivity index (χ1n) is 7.41. The lowest BCUT2D eigenvalue weighted by molar-refractivity contribution is -0.139. The van der Waals surface area contributed by atoms with E-state index in [1.165, 1.54) is 12.1 Å². The van der Waals surface area contributed by atoms with E-state index in [0.29, 0.717) is 24.2 Å². The van der Waals surface area contributed by atoms with E-state index in [4.69, 9.17) is 21.4 Å². The predicted molar refractivity (Wildman–Crippen MR) is 88.0 cm³/mol. The van der Waals surface area contributed by atoms with Gasteiger partial charge < -0.3 is 14.9 Å². The minimum atomic E-state index is -1.06. The van der Waals surface area contributed by atoms with Crippen molar-refractivity contribution in [1.29, 1.82) is 0 Å². The lowest BCUT2D eigenvalue weighted by Gasteiger charge is -2.10. The van der Waals surface area contributed by atoms with Gasteiger partial charge in [0, 0.05) is 5.57 Å². The first-order chi connectivity index (χ1) is 10.8. The van der Waals surface area contributed by atoms with Crippen LogP contribution < -0.4 is 0 Å². The predicted octanol–water partition coefficient (Wildman–Crippen LogP) is 3.97. The van der Waals surface area contributed by atoms with Gasteiger partial charge in [0.1, 0.15) is 5.75 Å². The van der Waals surface area contributed by atoms with E-state index in [2.05, 4.69) is 6.58 Å². The number of rotatable bonds is 9. The third kappa shape index (κ3) is 5.94. The normalized spacial score (nSPS) is 10.3. The second-order valence-corrected chi connectivity index (χ2v) is 5.69. The maximum Gasteiger partial charge on any atom is 0.336 e. The third-order valence-corrected chi connectivity index (χ3v) is 3.78. The maximum atomic E-state index is 11.2. The number of carboxylic acid groups (broad SMARTS) is 1. The standard InChI is InChI=1S/C17H21ClO5/c1-11(2)17(22)23-10-6-4-3-5-7-12-13(16(20)21)8-9-14(19)15(12)18/h8-9,19H,1,3-7,10H2,2H3,(H,20,21). The zero-order valence-electron chi connectivity index (χ0n) is 13.1. The molecule has 1 aromatic rings. The van der Waals surface area contributed by atoms with Crippen molar-refractivity contribution in [2.24, 2.45) is 0 Å². The molecule has 0 bridgehead atoms. The van der Waals surface area contributed by atoms with Gasteiger partial charge in [-0.3, -0.25) is 0 Å². The number of carboxylic acids is 1. The Morgan fingerprint density at radius 1 is 1.22 bits per heavy atom. The molecule has 0 aliphatic rings. The van der Waals surface area contributed by atoms with Gasteiger partial charge in [-0.25, -0.2) is 9.59 Å². The van der Waals surface area contributed by atoms with Crippen molar-refractivity contribution in [3.8, 4) is 5.75 Å². The highest BCUT2D eigenvalue weighted by Gasteiger charge is 2.15. The molecule has 0 saturated heterocycles. The lowest BCUT2D eigenvalue weighted by atomic mass is 10.0. The quantitative estimate of drug-likeness (QED) is 0.404. The Kier molecular flexibility index (Phi) is 7.62. The summed E-state index contributed by atoms with van der Waals surface area (Å²) in [6, 6.07) is 2.64. The number of unbranched alkanes of at least 4 members (excludes halogenated alkanes) is 3. The first-order valence-corrected chi connectivity index (χ1v) is 7.78. The van der Waals surface area contributed by atoms with Crippen LogP contribution in [0.15, 0.2) is 24.3 Å². The van der Waals surface area contributed by atoms with E-state index < -0.39 is 5.97 Å². The topological polar surface area (TPSA) is 83.8 Å². The highest BCUT2D eigenvalue weighted by Crippen LogP contribution is 2.31. The average Bonchev–Trinajstić information content (AvgIpc) is 2.49. The summed E-state index contributed by atoms with van der Waals surface area (Å²) in [4.78, 5) is 22.4. The number of carbonyl (C=O) groups is 2. The molecule has 0 saturated carbocycles. The van der Waals surface area contributed by atoms with Gasteiger partial charge in [0.05, 0.1) is 17.2 Å². The van der Waals surface area contributed by atoms with Gasteiger partial charge in [-0.2, -0.15) is 0 Å². The van der Waals surface area contributed by atoms with Crippen molar-refractivity contribution in [3.05, 3.63) is 40.4 Å². The largest absolute Gasteiger partial charge is 0.506 e. The van der Waals surface area contributed by atoms with Gasteiger partial charge in [-0.15, -0.1) is 0 Å². The summed E-state index contributed by atoms with van der Waals surface area (Å²) >= 11 is 5.99. The van der Waals surface area contributed by atoms with Gasteiger partial charge in [0.2, 0.25) is 0 Å². The van der Waals surface area contributed by atoms with Crippen LogP contribution in [-0.4, -0.2) is 28.8 Å². The minimum absolute atomic E-state index is 0.0975. The van der Waals surface area contributed by atoms with Crippen molar-refractivity contribution >= 4 is 23.5 Å². The van der Waals surface area contributed by atoms with Gasteiger partial charge in [0.15, 0.2) is 0 Å². The van der Waals surface area contributed by atoms with Crippen molar-refractivity contribution in [2.75, 3.05) is 6.61 Å². The lowest BCUT2D eigenvalue weighted by Crippen LogP contribution is -2.06. The van der Waals surface area contributed by atoms with E-state index >= 15 is 0 Å². The molecular weight excluding hydrogens is 320 g/mol. The molecule has 0 radical (unpaired) electrons. The highest BCUT2D eigenvalue weighted by molar-refractivity contribution is 6.33. The van der Waals surface area contributed by atoms with E-state index in [0.717, 1.165) is 25.7 Å². The van der Waals surface area contributed by atoms with E-state index in [1.54, 1.807) is 6.92 Å². The Balaban J connectivity index is 2.39. The van der Waals surface area contributed by atoms with Crippen molar-refractivity contribution in [1.82, 2.24) is 0 Å². The van der Waals surface area contributed by atoms with Crippen LogP contribution in [0.5, 0.6) is 5.75 Å². The monoisotopic (exact) mass is 340 g/mol. The number of benzene rings is 1. The number of aromatic hydroxyl groups is 1. The van der Waals surface area contributed by atoms with Crippen molar-refractivity contribution < 1.29 is 24.5 Å². The maximum absolute atomic E-state index is 11.2. The molecule has 0 spiro atoms. The number of ether oxygens (including phenoxy) is 1. The van der Waals surface area contributed by atoms with Crippen LogP contribution in [0.1, 0.15) is 48.5 Å². The summed E-state index contributed by atoms with van der Waals surface area (Å²) in [6.07, 6.45) is 3.63. The fourth-order valence-corrected chi connectivity index (χ4v) is 2.36. The molecule has 1 rings (SSSR count). The van der Waals surface area contributed by atoms with Crippen LogP contribution in [0.3, 0.4) is 0 Å². The molecule has 0 amide bonds. The SMILES string of the molecule is C=C(C)C(=O)OCCCCCCc1c(C(=O)O)ccc(O)c1Cl. The molecule has 126 valence electrons. The summed E-state index contributed by atoms with van der Waals surface area (Å²) in [6.45, 7) is 5.44. The zero-order chi connectivity index (χ0) is 17.4. The number of phenols is 1. The second-order valence-electron chi connectivity index (χ2n) is 5.31. The van der Waals surface area contributed by atoms with Crippen molar-refractivity contribution in [2.45, 2.75) is 39.0 Å². The van der Waals surface area contributed by atoms with Gasteiger partial charge >= 0.3 is 11.9 Å². The molecule has 1 aromatic carbocycles. The van der Waals surface area contributed by atoms with Crippen LogP contribution in [0.4, 0.5) is 0 Å². The minimum Gasteiger partial charge on any atom is -0.506 e. The molecule has 0 aliphatic carbocycles. The third-order valence-electron chi connectivity index (χ3n) is 3.36. The fraction of sp³-hybridized carbons (Fsp3) is 0.412. The van der Waals surface area contributed by atoms with E-state index in [9.17, 15) is 14.7 Å². The average molecular weight is 341 g/mol. The van der Waals surface area contributed by atoms with Crippen LogP contribution in [0, 0.1) is 0 Å². The Morgan fingerprint density at radius 2 is 1.87 bits per heavy atom. The molecule has 23 heavy (non-hydrogen) atoms. The Morgan fingerprint density at radius 3 is 2.48 bits per heavy atom. The number of aromatic carboxylic acids is 1. The smallest absolute Gasteiger partial charge is 0.336 e. The summed E-state index contributed by atoms with van der Waals surface area (Å²) in [7, 11) is 0. The van der Waals surface area contributed by atoms with E-state index in [-0.39, 0.29) is 22.3 Å². The molecule has 0 unspecified atom stereocenters. The molecule has 0 atom stereocenters. The number of carbonyl (C=O) groups excluding carboxylic acids is 1. The Hall–Kier alpha value is -2.01. The molecule has 0 aromatic heterocycles. The number of hydrogen-bond donors (Lipinski definition) is 2. The first kappa shape index (κ1) is 19.0. The summed E-state index contributed by atoms with van der Waals surface area (Å²) in [5.41, 5.74) is 0.945. The highest BCUT2D eigenvalue weighted by atomic mass is 35.5. The number of hydrogen-bond acceptors (Lipinski definition) is 4. The molecule has 0 fully saturated rings. The number of esters is 1. The second kappa shape index (κ2) is 9.20. The van der Waals surface area contributed by atoms with Gasteiger partial charge in [0.25, 0.3) is 0 Å². The Labute approximate surface area is 140 Å². The number of phenolic OH excluding ortho intramolecular Hbond substituents is 1. The van der Waals surface area contributed by atoms with Crippen LogP contribution in [-0.2, 0) is 16.0 Å². The molecule has 0 aliphatic heterocycles. The van der Waals surface area contributed by atoms with E-state index in [1.807, 2.05) is 0 Å². The molecule has 6 heteroatoms. The molecular formula is C17H21ClO5. The molecule has 5 nitrogen and oxygen atoms in total. The van der Waals surface area contributed by atoms with Crippen LogP contribution in [0.2, 0.25) is 5.02 Å². The van der Waals surface area contributed by atoms with Gasteiger partial charge in [-0.05, 0) is 43.9 Å². The zero-order valence-corrected chi connectivity index (χ0v) is 13.9. The van der Waals surface area contributed by atoms with Crippen molar-refractivity contribution in [3.63, 3.8) is 0 Å². The Bertz CT molecular complexity index is 595. The van der Waals surface area contributed by atoms with Gasteiger partial charge in [-0.1, -0.05) is 31.0 Å². The molecule has 0 heterocycles. The fourth-order valence-electron chi connectivity index (χ4n) is 2.10. The summed E-state index contributed by atoms with van der Waals surface area (Å²) < 4.78 is 4.98.